The van der Waals surface area contributed by atoms with Crippen molar-refractivity contribution in [2.75, 3.05) is 26.2 Å². The van der Waals surface area contributed by atoms with E-state index >= 15 is 0 Å². The molecule has 0 spiro atoms. The van der Waals surface area contributed by atoms with Crippen LogP contribution in [0.4, 0.5) is 26.3 Å². The van der Waals surface area contributed by atoms with Crippen molar-refractivity contribution in [1.82, 2.24) is 25.0 Å². The van der Waals surface area contributed by atoms with Gasteiger partial charge in [-0.05, 0) is 26.0 Å². The van der Waals surface area contributed by atoms with Crippen LogP contribution in [-0.4, -0.2) is 92.4 Å². The fourth-order valence-corrected chi connectivity index (χ4v) is 4.05. The van der Waals surface area contributed by atoms with Crippen molar-refractivity contribution in [3.05, 3.63) is 48.0 Å². The predicted octanol–water partition coefficient (Wildman–Crippen LogP) is 3.00. The third-order valence-corrected chi connectivity index (χ3v) is 6.06. The van der Waals surface area contributed by atoms with Crippen LogP contribution in [0.15, 0.2) is 36.9 Å². The standard InChI is InChI=1S/C20H27N5O2.2C2HF3O2/c1-14(2)25-10-15(7-23-25)9-24-11-18-17(13-27-19(18)12-24)8-22-20(26)16-3-5-21-6-4-16;2*3-2(4,5)1(6)7/h3-7,10,14,17-19H,8-9,11-13H2,1-2H3,(H,22,26);2*(H,6,7)/t17-,18+,19+;;/m0../s1. The van der Waals surface area contributed by atoms with E-state index in [-0.39, 0.29) is 12.0 Å². The number of halogens is 6. The van der Waals surface area contributed by atoms with Crippen molar-refractivity contribution < 1.29 is 55.7 Å². The van der Waals surface area contributed by atoms with Gasteiger partial charge in [0.15, 0.2) is 0 Å². The molecule has 0 bridgehead atoms. The molecule has 0 saturated carbocycles. The Morgan fingerprint density at radius 2 is 1.61 bits per heavy atom. The first kappa shape index (κ1) is 33.5. The van der Waals surface area contributed by atoms with Crippen LogP contribution >= 0.6 is 0 Å². The summed E-state index contributed by atoms with van der Waals surface area (Å²) in [7, 11) is 0. The Hall–Kier alpha value is -3.73. The van der Waals surface area contributed by atoms with Crippen molar-refractivity contribution in [1.29, 1.82) is 0 Å². The van der Waals surface area contributed by atoms with Crippen LogP contribution in [0.2, 0.25) is 0 Å². The number of alkyl halides is 6. The van der Waals surface area contributed by atoms with Crippen LogP contribution in [0.3, 0.4) is 0 Å². The predicted molar refractivity (Wildman–Crippen MR) is 129 cm³/mol. The largest absolute Gasteiger partial charge is 0.490 e. The minimum Gasteiger partial charge on any atom is -0.475 e. The molecule has 0 radical (unpaired) electrons. The number of hydrogen-bond acceptors (Lipinski definition) is 7. The Balaban J connectivity index is 0.000000349. The summed E-state index contributed by atoms with van der Waals surface area (Å²) >= 11 is 0. The van der Waals surface area contributed by atoms with Crippen molar-refractivity contribution in [3.8, 4) is 0 Å². The average molecular weight is 598 g/mol. The zero-order valence-corrected chi connectivity index (χ0v) is 21.9. The first-order valence-corrected chi connectivity index (χ1v) is 12.1. The van der Waals surface area contributed by atoms with E-state index in [1.165, 1.54) is 5.56 Å². The summed E-state index contributed by atoms with van der Waals surface area (Å²) < 4.78 is 71.5. The highest BCUT2D eigenvalue weighted by molar-refractivity contribution is 5.93. The summed E-state index contributed by atoms with van der Waals surface area (Å²) in [6.07, 6.45) is -2.53. The summed E-state index contributed by atoms with van der Waals surface area (Å²) in [5.74, 6) is -4.72. The Morgan fingerprint density at radius 3 is 2.10 bits per heavy atom. The number of hydrogen-bond donors (Lipinski definition) is 3. The number of amides is 1. The number of pyridine rings is 1. The first-order valence-electron chi connectivity index (χ1n) is 12.1. The number of nitrogens with one attached hydrogen (secondary N) is 1. The van der Waals surface area contributed by atoms with Gasteiger partial charge in [-0.15, -0.1) is 0 Å². The molecule has 3 N–H and O–H groups in total. The number of rotatable bonds is 6. The summed E-state index contributed by atoms with van der Waals surface area (Å²) in [5, 5.41) is 21.7. The molecule has 0 unspecified atom stereocenters. The van der Waals surface area contributed by atoms with Crippen molar-refractivity contribution in [3.63, 3.8) is 0 Å². The van der Waals surface area contributed by atoms with Gasteiger partial charge in [-0.3, -0.25) is 19.4 Å². The van der Waals surface area contributed by atoms with Crippen LogP contribution in [-0.2, 0) is 20.9 Å². The second-order valence-electron chi connectivity index (χ2n) is 9.46. The van der Waals surface area contributed by atoms with Crippen LogP contribution in [0, 0.1) is 11.8 Å². The van der Waals surface area contributed by atoms with Crippen LogP contribution < -0.4 is 5.32 Å². The number of carboxylic acids is 2. The molecule has 2 saturated heterocycles. The highest BCUT2D eigenvalue weighted by Crippen LogP contribution is 2.34. The van der Waals surface area contributed by atoms with E-state index in [0.717, 1.165) is 26.2 Å². The lowest BCUT2D eigenvalue weighted by Crippen LogP contribution is -2.34. The van der Waals surface area contributed by atoms with Crippen molar-refractivity contribution in [2.45, 2.75) is 44.9 Å². The van der Waals surface area contributed by atoms with E-state index in [4.69, 9.17) is 24.5 Å². The molecule has 17 heteroatoms. The summed E-state index contributed by atoms with van der Waals surface area (Å²) in [5.41, 5.74) is 1.89. The first-order chi connectivity index (χ1) is 19.0. The molecule has 2 aromatic rings. The minimum absolute atomic E-state index is 0.0446. The lowest BCUT2D eigenvalue weighted by molar-refractivity contribution is -0.193. The van der Waals surface area contributed by atoms with Gasteiger partial charge >= 0.3 is 24.3 Å². The van der Waals surface area contributed by atoms with E-state index in [1.54, 1.807) is 24.5 Å². The minimum atomic E-state index is -5.08. The van der Waals surface area contributed by atoms with Gasteiger partial charge in [0.05, 0.1) is 18.9 Å². The molecule has 11 nitrogen and oxygen atoms in total. The molecule has 4 rings (SSSR count). The van der Waals surface area contributed by atoms with E-state index in [1.807, 2.05) is 10.9 Å². The fraction of sp³-hybridized carbons (Fsp3) is 0.542. The number of likely N-dealkylation sites (tertiary alicyclic amines) is 1. The maximum absolute atomic E-state index is 12.3. The number of carbonyl (C=O) groups excluding carboxylic acids is 1. The van der Waals surface area contributed by atoms with Crippen LogP contribution in [0.25, 0.3) is 0 Å². The van der Waals surface area contributed by atoms with E-state index in [2.05, 4.69) is 40.3 Å². The number of fused-ring (bicyclic) bond motifs is 1. The molecule has 41 heavy (non-hydrogen) atoms. The lowest BCUT2D eigenvalue weighted by atomic mass is 9.93. The number of aliphatic carboxylic acids is 2. The highest BCUT2D eigenvalue weighted by Gasteiger charge is 2.43. The van der Waals surface area contributed by atoms with Gasteiger partial charge in [0.25, 0.3) is 5.91 Å². The average Bonchev–Trinajstić information content (AvgIpc) is 3.60. The molecule has 2 aliphatic heterocycles. The molecule has 2 aliphatic rings. The van der Waals surface area contributed by atoms with E-state index in [9.17, 15) is 31.1 Å². The third kappa shape index (κ3) is 10.6. The maximum atomic E-state index is 12.3. The second-order valence-corrected chi connectivity index (χ2v) is 9.46. The molecule has 0 aromatic carbocycles. The van der Waals surface area contributed by atoms with Gasteiger partial charge in [0.2, 0.25) is 0 Å². The zero-order chi connectivity index (χ0) is 31.0. The van der Waals surface area contributed by atoms with E-state index in [0.29, 0.717) is 30.0 Å². The SMILES string of the molecule is CC(C)n1cc(CN2C[C@@H]3[C@@H](CNC(=O)c4ccncc4)CO[C@@H]3C2)cn1.O=C(O)C(F)(F)F.O=C(O)C(F)(F)F. The fourth-order valence-electron chi connectivity index (χ4n) is 4.05. The van der Waals surface area contributed by atoms with Gasteiger partial charge in [-0.1, -0.05) is 0 Å². The van der Waals surface area contributed by atoms with Gasteiger partial charge in [-0.25, -0.2) is 9.59 Å². The number of aromatic nitrogens is 3. The molecule has 0 aliphatic carbocycles. The van der Waals surface area contributed by atoms with Crippen molar-refractivity contribution >= 4 is 17.8 Å². The molecule has 1 amide bonds. The second kappa shape index (κ2) is 14.2. The molecule has 3 atom stereocenters. The Labute approximate surface area is 230 Å². The van der Waals surface area contributed by atoms with Crippen LogP contribution in [0.5, 0.6) is 0 Å². The summed E-state index contributed by atoms with van der Waals surface area (Å²) in [6.45, 7) is 8.51. The molecule has 228 valence electrons. The highest BCUT2D eigenvalue weighted by atomic mass is 19.4. The number of ether oxygens (including phenoxy) is 1. The van der Waals surface area contributed by atoms with Crippen molar-refractivity contribution in [2.24, 2.45) is 11.8 Å². The molecule has 4 heterocycles. The van der Waals surface area contributed by atoms with Gasteiger partial charge in [-0.2, -0.15) is 31.4 Å². The lowest BCUT2D eigenvalue weighted by Gasteiger charge is -2.19. The smallest absolute Gasteiger partial charge is 0.475 e. The maximum Gasteiger partial charge on any atom is 0.490 e. The van der Waals surface area contributed by atoms with Gasteiger partial charge in [0.1, 0.15) is 0 Å². The molecule has 2 fully saturated rings. The number of nitrogens with zero attached hydrogens (tertiary/aromatic N) is 4. The quantitative estimate of drug-likeness (QED) is 0.428. The normalized spacial score (nSPS) is 20.4. The molecule has 2 aromatic heterocycles. The third-order valence-electron chi connectivity index (χ3n) is 6.06. The Morgan fingerprint density at radius 1 is 1.05 bits per heavy atom. The zero-order valence-electron chi connectivity index (χ0n) is 21.9. The molecular weight excluding hydrogens is 568 g/mol. The van der Waals surface area contributed by atoms with E-state index < -0.39 is 24.3 Å². The monoisotopic (exact) mass is 597 g/mol. The van der Waals surface area contributed by atoms with Gasteiger partial charge in [0, 0.05) is 73.8 Å². The Bertz CT molecular complexity index is 1130. The molecular formula is C24H29F6N5O6. The number of carbonyl (C=O) groups is 3. The topological polar surface area (TPSA) is 147 Å². The van der Waals surface area contributed by atoms with Crippen LogP contribution in [0.1, 0.15) is 35.8 Å². The summed E-state index contributed by atoms with van der Waals surface area (Å²) in [4.78, 5) is 36.4. The Kier molecular flexibility index (Phi) is 11.6. The number of carboxylic acid groups (broad SMARTS) is 2. The summed E-state index contributed by atoms with van der Waals surface area (Å²) in [6, 6.07) is 3.85. The van der Waals surface area contributed by atoms with Gasteiger partial charge < -0.3 is 20.3 Å².